The average molecular weight is 386 g/mol. The van der Waals surface area contributed by atoms with Gasteiger partial charge >= 0.3 is 0 Å². The summed E-state index contributed by atoms with van der Waals surface area (Å²) in [5.41, 5.74) is 2.08. The van der Waals surface area contributed by atoms with Crippen LogP contribution in [0.4, 0.5) is 0 Å². The number of benzene rings is 2. The van der Waals surface area contributed by atoms with Gasteiger partial charge in [0.05, 0.1) is 26.9 Å². The third kappa shape index (κ3) is 5.89. The lowest BCUT2D eigenvalue weighted by atomic mass is 10.1. The van der Waals surface area contributed by atoms with Gasteiger partial charge in [-0.2, -0.15) is 0 Å². The molecule has 28 heavy (non-hydrogen) atoms. The van der Waals surface area contributed by atoms with E-state index in [4.69, 9.17) is 14.2 Å². The summed E-state index contributed by atoms with van der Waals surface area (Å²) in [6.07, 6.45) is 0. The molecule has 0 heterocycles. The zero-order valence-corrected chi connectivity index (χ0v) is 17.3. The van der Waals surface area contributed by atoms with Crippen molar-refractivity contribution in [3.63, 3.8) is 0 Å². The molecule has 0 fully saturated rings. The average Bonchev–Trinajstić information content (AvgIpc) is 2.72. The molecule has 6 heteroatoms. The fourth-order valence-electron chi connectivity index (χ4n) is 2.81. The smallest absolute Gasteiger partial charge is 0.237 e. The van der Waals surface area contributed by atoms with Crippen molar-refractivity contribution in [3.8, 4) is 17.2 Å². The molecule has 0 aliphatic rings. The van der Waals surface area contributed by atoms with Crippen LogP contribution < -0.4 is 19.5 Å². The maximum atomic E-state index is 12.5. The normalized spacial score (nSPS) is 11.8. The van der Waals surface area contributed by atoms with Gasteiger partial charge in [0.25, 0.3) is 0 Å². The number of likely N-dealkylation sites (N-methyl/N-ethyl adjacent to an activating group) is 1. The van der Waals surface area contributed by atoms with Crippen molar-refractivity contribution < 1.29 is 19.0 Å². The minimum absolute atomic E-state index is 0.0248. The molecule has 2 aromatic carbocycles. The van der Waals surface area contributed by atoms with Crippen LogP contribution in [-0.2, 0) is 17.9 Å². The Bertz CT molecular complexity index is 762. The molecule has 0 aromatic heterocycles. The van der Waals surface area contributed by atoms with E-state index in [0.717, 1.165) is 16.9 Å². The number of methoxy groups -OCH3 is 2. The van der Waals surface area contributed by atoms with Gasteiger partial charge in [-0.1, -0.05) is 18.2 Å². The predicted molar refractivity (Wildman–Crippen MR) is 110 cm³/mol. The molecule has 0 unspecified atom stereocenters. The maximum Gasteiger partial charge on any atom is 0.237 e. The third-order valence-corrected chi connectivity index (χ3v) is 4.62. The number of rotatable bonds is 10. The number of hydrogen-bond acceptors (Lipinski definition) is 5. The third-order valence-electron chi connectivity index (χ3n) is 4.62. The number of amides is 1. The zero-order valence-electron chi connectivity index (χ0n) is 17.3. The Morgan fingerprint density at radius 2 is 1.68 bits per heavy atom. The highest BCUT2D eigenvalue weighted by atomic mass is 16.5. The van der Waals surface area contributed by atoms with Gasteiger partial charge < -0.3 is 19.5 Å². The summed E-state index contributed by atoms with van der Waals surface area (Å²) in [6.45, 7) is 5.62. The summed E-state index contributed by atoms with van der Waals surface area (Å²) in [5.74, 6) is 2.15. The topological polar surface area (TPSA) is 60.0 Å². The van der Waals surface area contributed by atoms with Gasteiger partial charge in [0.15, 0.2) is 11.5 Å². The predicted octanol–water partition coefficient (Wildman–Crippen LogP) is 3.24. The molecule has 0 saturated carbocycles. The Kier molecular flexibility index (Phi) is 8.14. The second-order valence-corrected chi connectivity index (χ2v) is 6.58. The summed E-state index contributed by atoms with van der Waals surface area (Å²) in [6, 6.07) is 13.3. The first-order valence-corrected chi connectivity index (χ1v) is 9.39. The number of ether oxygens (including phenoxy) is 3. The van der Waals surface area contributed by atoms with Crippen LogP contribution in [0, 0.1) is 0 Å². The Labute approximate surface area is 167 Å². The van der Waals surface area contributed by atoms with Gasteiger partial charge in [0.1, 0.15) is 5.75 Å². The Morgan fingerprint density at radius 1 is 1.04 bits per heavy atom. The first-order valence-electron chi connectivity index (χ1n) is 9.39. The van der Waals surface area contributed by atoms with Crippen LogP contribution in [0.2, 0.25) is 0 Å². The van der Waals surface area contributed by atoms with Gasteiger partial charge in [0, 0.05) is 13.1 Å². The van der Waals surface area contributed by atoms with E-state index in [0.29, 0.717) is 31.2 Å². The molecular weight excluding hydrogens is 356 g/mol. The quantitative estimate of drug-likeness (QED) is 0.679. The van der Waals surface area contributed by atoms with Crippen LogP contribution in [-0.4, -0.2) is 44.7 Å². The first-order chi connectivity index (χ1) is 13.5. The molecular formula is C22H30N2O4. The molecule has 2 aromatic rings. The highest BCUT2D eigenvalue weighted by Crippen LogP contribution is 2.27. The standard InChI is InChI=1S/C22H30N2O4/c1-6-28-19-10-7-17(8-11-19)15-24(3)16(2)22(25)23-14-18-9-12-20(26-4)21(13-18)27-5/h7-13,16H,6,14-15H2,1-5H3,(H,23,25)/t16-/m1/s1. The van der Waals surface area contributed by atoms with E-state index in [2.05, 4.69) is 5.32 Å². The van der Waals surface area contributed by atoms with Gasteiger partial charge in [-0.05, 0) is 56.3 Å². The van der Waals surface area contributed by atoms with Crippen LogP contribution in [0.3, 0.4) is 0 Å². The monoisotopic (exact) mass is 386 g/mol. The molecule has 1 atom stereocenters. The summed E-state index contributed by atoms with van der Waals surface area (Å²) >= 11 is 0. The van der Waals surface area contributed by atoms with E-state index < -0.39 is 0 Å². The molecule has 0 aliphatic carbocycles. The molecule has 2 rings (SSSR count). The summed E-state index contributed by atoms with van der Waals surface area (Å²) in [7, 11) is 5.14. The van der Waals surface area contributed by atoms with Crippen molar-refractivity contribution in [1.29, 1.82) is 0 Å². The lowest BCUT2D eigenvalue weighted by Gasteiger charge is -2.24. The van der Waals surface area contributed by atoms with Crippen molar-refractivity contribution in [3.05, 3.63) is 53.6 Å². The van der Waals surface area contributed by atoms with Crippen LogP contribution in [0.5, 0.6) is 17.2 Å². The van der Waals surface area contributed by atoms with Crippen LogP contribution >= 0.6 is 0 Å². The lowest BCUT2D eigenvalue weighted by molar-refractivity contribution is -0.125. The fourth-order valence-corrected chi connectivity index (χ4v) is 2.81. The SMILES string of the molecule is CCOc1ccc(CN(C)[C@H](C)C(=O)NCc2ccc(OC)c(OC)c2)cc1. The highest BCUT2D eigenvalue weighted by molar-refractivity contribution is 5.81. The van der Waals surface area contributed by atoms with E-state index in [1.165, 1.54) is 0 Å². The number of carbonyl (C=O) groups excluding carboxylic acids is 1. The van der Waals surface area contributed by atoms with Gasteiger partial charge in [0.2, 0.25) is 5.91 Å². The van der Waals surface area contributed by atoms with Crippen molar-refractivity contribution in [2.45, 2.75) is 33.0 Å². The maximum absolute atomic E-state index is 12.5. The molecule has 1 N–H and O–H groups in total. The summed E-state index contributed by atoms with van der Waals surface area (Å²) < 4.78 is 16.0. The zero-order chi connectivity index (χ0) is 20.5. The van der Waals surface area contributed by atoms with Gasteiger partial charge in [-0.3, -0.25) is 9.69 Å². The number of nitrogens with zero attached hydrogens (tertiary/aromatic N) is 1. The molecule has 0 aliphatic heterocycles. The molecule has 1 amide bonds. The Morgan fingerprint density at radius 3 is 2.29 bits per heavy atom. The molecule has 6 nitrogen and oxygen atoms in total. The van der Waals surface area contributed by atoms with Gasteiger partial charge in [-0.25, -0.2) is 0 Å². The van der Waals surface area contributed by atoms with Crippen molar-refractivity contribution in [2.24, 2.45) is 0 Å². The van der Waals surface area contributed by atoms with E-state index in [1.54, 1.807) is 14.2 Å². The van der Waals surface area contributed by atoms with Crippen LogP contribution in [0.15, 0.2) is 42.5 Å². The van der Waals surface area contributed by atoms with Crippen molar-refractivity contribution in [2.75, 3.05) is 27.9 Å². The van der Waals surface area contributed by atoms with Gasteiger partial charge in [-0.15, -0.1) is 0 Å². The van der Waals surface area contributed by atoms with E-state index in [9.17, 15) is 4.79 Å². The first kappa shape index (κ1) is 21.6. The molecule has 0 radical (unpaired) electrons. The molecule has 0 bridgehead atoms. The Hall–Kier alpha value is -2.73. The number of nitrogens with one attached hydrogen (secondary N) is 1. The van der Waals surface area contributed by atoms with Crippen molar-refractivity contribution in [1.82, 2.24) is 10.2 Å². The van der Waals surface area contributed by atoms with Crippen LogP contribution in [0.25, 0.3) is 0 Å². The van der Waals surface area contributed by atoms with Crippen LogP contribution in [0.1, 0.15) is 25.0 Å². The number of carbonyl (C=O) groups is 1. The molecule has 0 spiro atoms. The van der Waals surface area contributed by atoms with E-state index >= 15 is 0 Å². The summed E-state index contributed by atoms with van der Waals surface area (Å²) in [4.78, 5) is 14.5. The van der Waals surface area contributed by atoms with E-state index in [-0.39, 0.29) is 11.9 Å². The van der Waals surface area contributed by atoms with E-state index in [1.807, 2.05) is 68.3 Å². The minimum Gasteiger partial charge on any atom is -0.494 e. The number of hydrogen-bond donors (Lipinski definition) is 1. The molecule has 152 valence electrons. The second-order valence-electron chi connectivity index (χ2n) is 6.58. The highest BCUT2D eigenvalue weighted by Gasteiger charge is 2.18. The largest absolute Gasteiger partial charge is 0.494 e. The summed E-state index contributed by atoms with van der Waals surface area (Å²) in [5, 5.41) is 2.98. The van der Waals surface area contributed by atoms with Crippen molar-refractivity contribution >= 4 is 5.91 Å². The fraction of sp³-hybridized carbons (Fsp3) is 0.409. The Balaban J connectivity index is 1.89. The lowest BCUT2D eigenvalue weighted by Crippen LogP contribution is -2.42. The molecule has 0 saturated heterocycles. The minimum atomic E-state index is -0.258. The second kappa shape index (κ2) is 10.6.